The van der Waals surface area contributed by atoms with Gasteiger partial charge in [0.25, 0.3) is 5.91 Å². The molecule has 0 saturated heterocycles. The Kier molecular flexibility index (Phi) is 4.18. The SMILES string of the molecule is CC(C)(C)N(O)c1ccnc(NC(=O)c2ccccc2)n1. The average Bonchev–Trinajstić information content (AvgIpc) is 2.46. The quantitative estimate of drug-likeness (QED) is 0.848. The van der Waals surface area contributed by atoms with Crippen molar-refractivity contribution in [3.05, 3.63) is 48.2 Å². The molecule has 6 heteroatoms. The summed E-state index contributed by atoms with van der Waals surface area (Å²) < 4.78 is 0. The largest absolute Gasteiger partial charge is 0.290 e. The minimum absolute atomic E-state index is 0.143. The van der Waals surface area contributed by atoms with E-state index in [0.29, 0.717) is 11.4 Å². The number of hydrogen-bond acceptors (Lipinski definition) is 5. The number of rotatable bonds is 3. The standard InChI is InChI=1S/C15H18N4O2/c1-15(2,3)19(21)12-9-10-16-14(17-12)18-13(20)11-7-5-4-6-8-11/h4-10,21H,1-3H3,(H,16,17,18,20). The zero-order chi connectivity index (χ0) is 15.5. The lowest BCUT2D eigenvalue weighted by Crippen LogP contribution is -2.39. The molecule has 1 aromatic heterocycles. The molecule has 0 radical (unpaired) electrons. The van der Waals surface area contributed by atoms with Crippen LogP contribution >= 0.6 is 0 Å². The van der Waals surface area contributed by atoms with Crippen molar-refractivity contribution in [3.63, 3.8) is 0 Å². The molecule has 6 nitrogen and oxygen atoms in total. The van der Waals surface area contributed by atoms with Crippen LogP contribution in [0.2, 0.25) is 0 Å². The maximum absolute atomic E-state index is 12.0. The number of amides is 1. The number of hydroxylamine groups is 1. The van der Waals surface area contributed by atoms with Crippen molar-refractivity contribution in [1.82, 2.24) is 9.97 Å². The number of carbonyl (C=O) groups is 1. The van der Waals surface area contributed by atoms with E-state index in [1.165, 1.54) is 6.20 Å². The maximum atomic E-state index is 12.0. The van der Waals surface area contributed by atoms with E-state index in [1.54, 1.807) is 30.3 Å². The van der Waals surface area contributed by atoms with E-state index in [1.807, 2.05) is 26.8 Å². The molecule has 0 unspecified atom stereocenters. The van der Waals surface area contributed by atoms with Gasteiger partial charge in [-0.05, 0) is 32.9 Å². The van der Waals surface area contributed by atoms with Gasteiger partial charge < -0.3 is 0 Å². The van der Waals surface area contributed by atoms with E-state index in [-0.39, 0.29) is 11.9 Å². The molecule has 1 aromatic carbocycles. The molecule has 0 saturated carbocycles. The van der Waals surface area contributed by atoms with E-state index in [4.69, 9.17) is 0 Å². The van der Waals surface area contributed by atoms with Crippen LogP contribution in [0.4, 0.5) is 11.8 Å². The van der Waals surface area contributed by atoms with Gasteiger partial charge in [-0.15, -0.1) is 0 Å². The highest BCUT2D eigenvalue weighted by Gasteiger charge is 2.21. The Morgan fingerprint density at radius 1 is 1.19 bits per heavy atom. The van der Waals surface area contributed by atoms with Crippen LogP contribution in [0.5, 0.6) is 0 Å². The molecular formula is C15H18N4O2. The number of anilines is 2. The third-order valence-corrected chi connectivity index (χ3v) is 2.75. The molecule has 110 valence electrons. The van der Waals surface area contributed by atoms with Crippen molar-refractivity contribution in [2.24, 2.45) is 0 Å². The lowest BCUT2D eigenvalue weighted by Gasteiger charge is -2.30. The van der Waals surface area contributed by atoms with Gasteiger partial charge >= 0.3 is 0 Å². The Bertz CT molecular complexity index is 623. The van der Waals surface area contributed by atoms with E-state index < -0.39 is 5.54 Å². The first-order valence-electron chi connectivity index (χ1n) is 6.56. The third-order valence-electron chi connectivity index (χ3n) is 2.75. The zero-order valence-corrected chi connectivity index (χ0v) is 12.2. The first kappa shape index (κ1) is 14.9. The molecule has 2 N–H and O–H groups in total. The topological polar surface area (TPSA) is 78.4 Å². The first-order valence-corrected chi connectivity index (χ1v) is 6.56. The van der Waals surface area contributed by atoms with Gasteiger partial charge in [0.2, 0.25) is 5.95 Å². The van der Waals surface area contributed by atoms with Gasteiger partial charge in [-0.2, -0.15) is 4.98 Å². The third kappa shape index (κ3) is 3.76. The highest BCUT2D eigenvalue weighted by atomic mass is 16.5. The number of carbonyl (C=O) groups excluding carboxylic acids is 1. The summed E-state index contributed by atoms with van der Waals surface area (Å²) in [7, 11) is 0. The maximum Gasteiger partial charge on any atom is 0.258 e. The molecule has 0 aliphatic heterocycles. The Hall–Kier alpha value is -2.47. The predicted molar refractivity (Wildman–Crippen MR) is 80.4 cm³/mol. The minimum atomic E-state index is -0.505. The molecule has 1 amide bonds. The van der Waals surface area contributed by atoms with Crippen LogP contribution in [0.3, 0.4) is 0 Å². The molecule has 0 atom stereocenters. The summed E-state index contributed by atoms with van der Waals surface area (Å²) in [5.41, 5.74) is 0.0119. The zero-order valence-electron chi connectivity index (χ0n) is 12.2. The van der Waals surface area contributed by atoms with Crippen molar-refractivity contribution < 1.29 is 10.0 Å². The van der Waals surface area contributed by atoms with Gasteiger partial charge in [0.1, 0.15) is 0 Å². The molecule has 0 fully saturated rings. The summed E-state index contributed by atoms with van der Waals surface area (Å²) in [5.74, 6) is 0.165. The molecule has 2 rings (SSSR count). The van der Waals surface area contributed by atoms with Crippen molar-refractivity contribution in [2.75, 3.05) is 10.4 Å². The van der Waals surface area contributed by atoms with Gasteiger partial charge in [-0.25, -0.2) is 10.0 Å². The lowest BCUT2D eigenvalue weighted by molar-refractivity contribution is 0.102. The Morgan fingerprint density at radius 3 is 2.48 bits per heavy atom. The Labute approximate surface area is 123 Å². The van der Waals surface area contributed by atoms with Gasteiger partial charge in [-0.3, -0.25) is 15.3 Å². The van der Waals surface area contributed by atoms with Crippen LogP contribution in [0.1, 0.15) is 31.1 Å². The lowest BCUT2D eigenvalue weighted by atomic mass is 10.1. The molecule has 1 heterocycles. The normalized spacial score (nSPS) is 11.0. The second kappa shape index (κ2) is 5.88. The van der Waals surface area contributed by atoms with Crippen LogP contribution in [0.15, 0.2) is 42.6 Å². The summed E-state index contributed by atoms with van der Waals surface area (Å²) >= 11 is 0. The van der Waals surface area contributed by atoms with Gasteiger partial charge in [-0.1, -0.05) is 18.2 Å². The van der Waals surface area contributed by atoms with E-state index in [0.717, 1.165) is 5.06 Å². The number of nitrogens with zero attached hydrogens (tertiary/aromatic N) is 3. The van der Waals surface area contributed by atoms with Gasteiger partial charge in [0, 0.05) is 17.8 Å². The van der Waals surface area contributed by atoms with Crippen molar-refractivity contribution in [3.8, 4) is 0 Å². The molecule has 0 spiro atoms. The molecule has 0 bridgehead atoms. The number of hydrogen-bond donors (Lipinski definition) is 2. The second-order valence-electron chi connectivity index (χ2n) is 5.54. The van der Waals surface area contributed by atoms with Crippen molar-refractivity contribution >= 4 is 17.7 Å². The second-order valence-corrected chi connectivity index (χ2v) is 5.54. The Balaban J connectivity index is 2.17. The fraction of sp³-hybridized carbons (Fsp3) is 0.267. The molecule has 0 aliphatic carbocycles. The monoisotopic (exact) mass is 286 g/mol. The Morgan fingerprint density at radius 2 is 1.86 bits per heavy atom. The van der Waals surface area contributed by atoms with Crippen LogP contribution < -0.4 is 10.4 Å². The minimum Gasteiger partial charge on any atom is -0.290 e. The fourth-order valence-electron chi connectivity index (χ4n) is 1.63. The van der Waals surface area contributed by atoms with Crippen LogP contribution in [-0.2, 0) is 0 Å². The smallest absolute Gasteiger partial charge is 0.258 e. The van der Waals surface area contributed by atoms with Crippen LogP contribution in [0, 0.1) is 0 Å². The van der Waals surface area contributed by atoms with Crippen LogP contribution in [0.25, 0.3) is 0 Å². The van der Waals surface area contributed by atoms with E-state index in [2.05, 4.69) is 15.3 Å². The number of aromatic nitrogens is 2. The average molecular weight is 286 g/mol. The van der Waals surface area contributed by atoms with Gasteiger partial charge in [0.05, 0.1) is 5.54 Å². The fourth-order valence-corrected chi connectivity index (χ4v) is 1.63. The highest BCUT2D eigenvalue weighted by molar-refractivity contribution is 6.03. The summed E-state index contributed by atoms with van der Waals surface area (Å²) in [5, 5.41) is 13.7. The van der Waals surface area contributed by atoms with E-state index in [9.17, 15) is 10.0 Å². The highest BCUT2D eigenvalue weighted by Crippen LogP contribution is 2.19. The molecular weight excluding hydrogens is 268 g/mol. The molecule has 2 aromatic rings. The van der Waals surface area contributed by atoms with Crippen molar-refractivity contribution in [1.29, 1.82) is 0 Å². The van der Waals surface area contributed by atoms with Crippen LogP contribution in [-0.4, -0.2) is 26.6 Å². The summed E-state index contributed by atoms with van der Waals surface area (Å²) in [6.45, 7) is 5.53. The summed E-state index contributed by atoms with van der Waals surface area (Å²) in [6, 6.07) is 10.4. The van der Waals surface area contributed by atoms with E-state index >= 15 is 0 Å². The predicted octanol–water partition coefficient (Wildman–Crippen LogP) is 2.72. The summed E-state index contributed by atoms with van der Waals surface area (Å²) in [6.07, 6.45) is 1.48. The van der Waals surface area contributed by atoms with Gasteiger partial charge in [0.15, 0.2) is 5.82 Å². The summed E-state index contributed by atoms with van der Waals surface area (Å²) in [4.78, 5) is 20.2. The molecule has 21 heavy (non-hydrogen) atoms. The number of nitrogens with one attached hydrogen (secondary N) is 1. The first-order chi connectivity index (χ1) is 9.88. The van der Waals surface area contributed by atoms with Crippen molar-refractivity contribution in [2.45, 2.75) is 26.3 Å². The molecule has 0 aliphatic rings. The number of benzene rings is 1.